The molecule has 0 aliphatic carbocycles. The summed E-state index contributed by atoms with van der Waals surface area (Å²) in [5.74, 6) is -3.14. The lowest BCUT2D eigenvalue weighted by Crippen LogP contribution is -2.59. The minimum atomic E-state index is -1.29. The molecule has 2 fully saturated rings. The van der Waals surface area contributed by atoms with Gasteiger partial charge in [0, 0.05) is 31.7 Å². The van der Waals surface area contributed by atoms with Crippen molar-refractivity contribution < 1.29 is 33.8 Å². The van der Waals surface area contributed by atoms with Gasteiger partial charge in [-0.15, -0.1) is 0 Å². The fraction of sp³-hybridized carbons (Fsp3) is 0.600. The highest BCUT2D eigenvalue weighted by Crippen LogP contribution is 2.56. The molecule has 5 bridgehead atoms. The number of hydrogen-bond acceptors (Lipinski definition) is 7. The zero-order valence-electron chi connectivity index (χ0n) is 26.8. The normalized spacial score (nSPS) is 32.9. The summed E-state index contributed by atoms with van der Waals surface area (Å²) in [4.78, 5) is 59.4. The highest BCUT2D eigenvalue weighted by atomic mass is 16.6. The average Bonchev–Trinajstić information content (AvgIpc) is 3.64. The van der Waals surface area contributed by atoms with Gasteiger partial charge >= 0.3 is 5.97 Å². The number of allylic oxidation sites excluding steroid dienone is 1. The summed E-state index contributed by atoms with van der Waals surface area (Å²) in [5.41, 5.74) is -1.15. The number of nitrogens with one attached hydrogen (secondary N) is 1. The number of amides is 3. The first-order valence-corrected chi connectivity index (χ1v) is 16.3. The van der Waals surface area contributed by atoms with Crippen LogP contribution < -0.4 is 5.32 Å². The van der Waals surface area contributed by atoms with E-state index in [9.17, 15) is 24.3 Å². The van der Waals surface area contributed by atoms with Crippen LogP contribution in [-0.4, -0.2) is 87.6 Å². The van der Waals surface area contributed by atoms with Crippen LogP contribution in [0.3, 0.4) is 0 Å². The van der Waals surface area contributed by atoms with E-state index in [1.165, 1.54) is 0 Å². The molecule has 3 amide bonds. The van der Waals surface area contributed by atoms with E-state index in [4.69, 9.17) is 9.47 Å². The average molecular weight is 622 g/mol. The number of aliphatic hydroxyl groups is 1. The maximum atomic E-state index is 14.6. The van der Waals surface area contributed by atoms with Gasteiger partial charge in [0.05, 0.1) is 18.1 Å². The van der Waals surface area contributed by atoms with Crippen molar-refractivity contribution in [2.75, 3.05) is 19.7 Å². The molecule has 244 valence electrons. The van der Waals surface area contributed by atoms with Crippen LogP contribution in [0.25, 0.3) is 0 Å². The fourth-order valence-electron chi connectivity index (χ4n) is 7.27. The van der Waals surface area contributed by atoms with Gasteiger partial charge in [-0.05, 0) is 52.5 Å². The van der Waals surface area contributed by atoms with Crippen LogP contribution in [0.2, 0.25) is 0 Å². The molecule has 10 nitrogen and oxygen atoms in total. The number of ether oxygens (including phenoxy) is 2. The molecule has 4 heterocycles. The Hall–Kier alpha value is -3.50. The van der Waals surface area contributed by atoms with Gasteiger partial charge in [-0.3, -0.25) is 19.2 Å². The monoisotopic (exact) mass is 621 g/mol. The van der Waals surface area contributed by atoms with Crippen molar-refractivity contribution in [3.8, 4) is 0 Å². The van der Waals surface area contributed by atoms with E-state index in [-0.39, 0.29) is 30.7 Å². The molecule has 0 aromatic heterocycles. The molecule has 10 heteroatoms. The van der Waals surface area contributed by atoms with Gasteiger partial charge in [-0.2, -0.15) is 0 Å². The molecule has 5 rings (SSSR count). The molecular formula is C35H47N3O7. The van der Waals surface area contributed by atoms with Gasteiger partial charge < -0.3 is 29.7 Å². The smallest absolute Gasteiger partial charge is 0.313 e. The molecule has 7 atom stereocenters. The standard InChI is InChI=1S/C35H47N3O7/c1-23-29(24-15-9-7-10-16-24)44-33(43)27-25-18-19-35(45-25)28(27)31(41)37(20-12-5-6-14-22-39)30(35)32(42)38(34(2,3)4)21-13-8-11-17-26(40)36-23/h7-10,13,15-16,18-19,23,25,27-30,39H,5-6,11-12,14,17,20-22H2,1-4H3,(H,36,40)/b13-8-/t23-,25+,27-,28-,29+,30+,35-/m0/s1. The van der Waals surface area contributed by atoms with Crippen LogP contribution in [0.15, 0.2) is 54.6 Å². The van der Waals surface area contributed by atoms with Crippen LogP contribution in [0, 0.1) is 11.8 Å². The summed E-state index contributed by atoms with van der Waals surface area (Å²) in [7, 11) is 0. The molecule has 45 heavy (non-hydrogen) atoms. The number of esters is 1. The fourth-order valence-corrected chi connectivity index (χ4v) is 7.27. The Morgan fingerprint density at radius 3 is 2.44 bits per heavy atom. The minimum absolute atomic E-state index is 0.110. The third-order valence-corrected chi connectivity index (χ3v) is 9.47. The second kappa shape index (κ2) is 13.5. The lowest BCUT2D eigenvalue weighted by atomic mass is 9.74. The molecule has 2 saturated heterocycles. The first kappa shape index (κ1) is 32.9. The number of nitrogens with zero attached hydrogens (tertiary/aromatic N) is 2. The molecule has 1 spiro atoms. The van der Waals surface area contributed by atoms with Crippen molar-refractivity contribution in [1.82, 2.24) is 15.1 Å². The van der Waals surface area contributed by atoms with E-state index < -0.39 is 53.2 Å². The summed E-state index contributed by atoms with van der Waals surface area (Å²) in [5, 5.41) is 12.2. The Morgan fingerprint density at radius 2 is 1.73 bits per heavy atom. The Labute approximate surface area is 265 Å². The van der Waals surface area contributed by atoms with E-state index >= 15 is 0 Å². The second-order valence-corrected chi connectivity index (χ2v) is 13.6. The Bertz CT molecular complexity index is 1320. The number of hydrogen-bond donors (Lipinski definition) is 2. The van der Waals surface area contributed by atoms with Gasteiger partial charge in [0.2, 0.25) is 17.7 Å². The summed E-state index contributed by atoms with van der Waals surface area (Å²) in [6, 6.07) is 7.78. The Morgan fingerprint density at radius 1 is 1.00 bits per heavy atom. The van der Waals surface area contributed by atoms with Crippen molar-refractivity contribution in [2.45, 2.75) is 102 Å². The Kier molecular flexibility index (Phi) is 9.84. The number of carbonyl (C=O) groups is 4. The zero-order valence-corrected chi connectivity index (χ0v) is 26.8. The highest BCUT2D eigenvalue weighted by Gasteiger charge is 2.73. The van der Waals surface area contributed by atoms with Gasteiger partial charge in [0.25, 0.3) is 0 Å². The second-order valence-electron chi connectivity index (χ2n) is 13.6. The molecule has 0 saturated carbocycles. The maximum absolute atomic E-state index is 14.6. The van der Waals surface area contributed by atoms with Crippen LogP contribution in [-0.2, 0) is 28.7 Å². The minimum Gasteiger partial charge on any atom is -0.455 e. The first-order chi connectivity index (χ1) is 21.5. The molecule has 1 aromatic rings. The van der Waals surface area contributed by atoms with Crippen molar-refractivity contribution >= 4 is 23.7 Å². The maximum Gasteiger partial charge on any atom is 0.313 e. The number of fused-ring (bicyclic) bond motifs is 2. The van der Waals surface area contributed by atoms with Crippen LogP contribution in [0.5, 0.6) is 0 Å². The van der Waals surface area contributed by atoms with Gasteiger partial charge in [0.1, 0.15) is 23.7 Å². The van der Waals surface area contributed by atoms with Crippen molar-refractivity contribution in [1.29, 1.82) is 0 Å². The molecule has 4 aliphatic rings. The topological polar surface area (TPSA) is 125 Å². The summed E-state index contributed by atoms with van der Waals surface area (Å²) in [6.07, 6.45) is 9.56. The quantitative estimate of drug-likeness (QED) is 0.271. The molecule has 2 N–H and O–H groups in total. The number of rotatable bonds is 7. The number of aliphatic hydroxyl groups excluding tert-OH is 1. The summed E-state index contributed by atoms with van der Waals surface area (Å²) >= 11 is 0. The van der Waals surface area contributed by atoms with Gasteiger partial charge in [-0.25, -0.2) is 0 Å². The zero-order chi connectivity index (χ0) is 32.4. The SMILES string of the molecule is C[C@@H]1NC(=O)CC/C=C\CN(C(C)(C)C)C(=O)[C@H]2N(CCCCCCO)C(=O)[C@@H]3[C@@H](C(=O)O[C@H]1c1ccccc1)[C@H]1C=C[C@]32O1. The number of likely N-dealkylation sites (tertiary alicyclic amines) is 1. The summed E-state index contributed by atoms with van der Waals surface area (Å²) in [6.45, 7) is 8.41. The van der Waals surface area contributed by atoms with E-state index in [1.807, 2.05) is 69.3 Å². The lowest BCUT2D eigenvalue weighted by Gasteiger charge is -2.41. The highest BCUT2D eigenvalue weighted by molar-refractivity contribution is 5.99. The Balaban J connectivity index is 1.55. The predicted octanol–water partition coefficient (Wildman–Crippen LogP) is 3.46. The molecular weight excluding hydrogens is 574 g/mol. The van der Waals surface area contributed by atoms with Crippen LogP contribution in [0.1, 0.15) is 77.9 Å². The predicted molar refractivity (Wildman–Crippen MR) is 167 cm³/mol. The molecule has 0 radical (unpaired) electrons. The lowest BCUT2D eigenvalue weighted by molar-refractivity contribution is -0.161. The molecule has 4 aliphatic heterocycles. The van der Waals surface area contributed by atoms with E-state index in [1.54, 1.807) is 22.8 Å². The van der Waals surface area contributed by atoms with Gasteiger partial charge in [0.15, 0.2) is 0 Å². The number of cyclic esters (lactones) is 1. The van der Waals surface area contributed by atoms with Crippen molar-refractivity contribution in [3.05, 3.63) is 60.2 Å². The third-order valence-electron chi connectivity index (χ3n) is 9.47. The number of carbonyl (C=O) groups excluding carboxylic acids is 4. The van der Waals surface area contributed by atoms with Crippen molar-refractivity contribution in [3.63, 3.8) is 0 Å². The van der Waals surface area contributed by atoms with E-state index in [0.29, 0.717) is 32.4 Å². The van der Waals surface area contributed by atoms with Crippen LogP contribution >= 0.6 is 0 Å². The van der Waals surface area contributed by atoms with Gasteiger partial charge in [-0.1, -0.05) is 67.5 Å². The molecule has 0 unspecified atom stereocenters. The first-order valence-electron chi connectivity index (χ1n) is 16.3. The van der Waals surface area contributed by atoms with E-state index in [0.717, 1.165) is 18.4 Å². The van der Waals surface area contributed by atoms with Crippen LogP contribution in [0.4, 0.5) is 0 Å². The number of benzene rings is 1. The molecule has 1 aromatic carbocycles. The van der Waals surface area contributed by atoms with Crippen molar-refractivity contribution in [2.24, 2.45) is 11.8 Å². The summed E-state index contributed by atoms with van der Waals surface area (Å²) < 4.78 is 12.7. The van der Waals surface area contributed by atoms with E-state index in [2.05, 4.69) is 5.32 Å². The largest absolute Gasteiger partial charge is 0.455 e. The third kappa shape index (κ3) is 6.45. The number of unbranched alkanes of at least 4 members (excludes halogenated alkanes) is 3.